The second-order valence-corrected chi connectivity index (χ2v) is 6.28. The molecule has 0 aromatic rings. The van der Waals surface area contributed by atoms with E-state index in [1.54, 1.807) is 0 Å². The predicted molar refractivity (Wildman–Crippen MR) is 60.4 cm³/mol. The molecule has 0 atom stereocenters. The summed E-state index contributed by atoms with van der Waals surface area (Å²) in [5.74, 6) is -0.295. The van der Waals surface area contributed by atoms with Crippen LogP contribution in [0.2, 0.25) is 0 Å². The second kappa shape index (κ2) is 3.20. The van der Waals surface area contributed by atoms with E-state index in [0.717, 1.165) is 0 Å². The molecule has 6 heteroatoms. The molecule has 0 unspecified atom stereocenters. The van der Waals surface area contributed by atoms with Crippen LogP contribution in [0, 0.1) is 0 Å². The van der Waals surface area contributed by atoms with Crippen molar-refractivity contribution in [2.24, 2.45) is 0 Å². The lowest BCUT2D eigenvalue weighted by Crippen LogP contribution is -2.68. The fourth-order valence-electron chi connectivity index (χ4n) is 3.29. The van der Waals surface area contributed by atoms with Crippen molar-refractivity contribution >= 4 is 11.9 Å². The molecule has 2 fully saturated rings. The van der Waals surface area contributed by atoms with Crippen LogP contribution in [0.25, 0.3) is 0 Å². The molecule has 0 aromatic heterocycles. The molecule has 1 spiro atoms. The smallest absolute Gasteiger partial charge is 0.322 e. The lowest BCUT2D eigenvalue weighted by atomic mass is 9.70. The van der Waals surface area contributed by atoms with Crippen LogP contribution in [0.15, 0.2) is 0 Å². The van der Waals surface area contributed by atoms with E-state index in [1.165, 1.54) is 5.06 Å². The van der Waals surface area contributed by atoms with Gasteiger partial charge in [0.05, 0.1) is 0 Å². The molecular formula is C11H19N3O3. The Bertz CT molecular complexity index is 371. The highest BCUT2D eigenvalue weighted by atomic mass is 16.5. The van der Waals surface area contributed by atoms with Crippen molar-refractivity contribution in [1.29, 1.82) is 0 Å². The first-order valence-corrected chi connectivity index (χ1v) is 5.72. The molecule has 0 aromatic carbocycles. The number of hydroxylamine groups is 2. The number of amides is 3. The third kappa shape index (κ3) is 1.71. The summed E-state index contributed by atoms with van der Waals surface area (Å²) in [5.41, 5.74) is -2.04. The first-order valence-electron chi connectivity index (χ1n) is 5.72. The van der Waals surface area contributed by atoms with Gasteiger partial charge in [-0.2, -0.15) is 5.06 Å². The first kappa shape index (κ1) is 12.3. The molecule has 0 aliphatic carbocycles. The van der Waals surface area contributed by atoms with E-state index in [1.807, 2.05) is 27.7 Å². The number of nitrogens with one attached hydrogen (secondary N) is 2. The van der Waals surface area contributed by atoms with Gasteiger partial charge in [0, 0.05) is 11.1 Å². The van der Waals surface area contributed by atoms with Gasteiger partial charge >= 0.3 is 6.03 Å². The lowest BCUT2D eigenvalue weighted by molar-refractivity contribution is -0.252. The molecule has 2 aliphatic rings. The van der Waals surface area contributed by atoms with E-state index < -0.39 is 22.6 Å². The van der Waals surface area contributed by atoms with Crippen LogP contribution in [-0.4, -0.2) is 38.8 Å². The zero-order valence-electron chi connectivity index (χ0n) is 10.6. The Balaban J connectivity index is 2.40. The highest BCUT2D eigenvalue weighted by Crippen LogP contribution is 2.43. The Labute approximate surface area is 100 Å². The fraction of sp³-hybridized carbons (Fsp3) is 0.818. The summed E-state index contributed by atoms with van der Waals surface area (Å²) in [6.45, 7) is 7.42. The van der Waals surface area contributed by atoms with E-state index in [0.29, 0.717) is 12.8 Å². The highest BCUT2D eigenvalue weighted by molar-refractivity contribution is 6.07. The summed E-state index contributed by atoms with van der Waals surface area (Å²) in [7, 11) is 0. The molecule has 2 rings (SSSR count). The molecule has 3 N–H and O–H groups in total. The molecule has 2 saturated heterocycles. The number of imide groups is 1. The molecule has 2 heterocycles. The minimum absolute atomic E-state index is 0.295. The maximum absolute atomic E-state index is 11.9. The van der Waals surface area contributed by atoms with Gasteiger partial charge in [-0.3, -0.25) is 10.1 Å². The Morgan fingerprint density at radius 2 is 1.59 bits per heavy atom. The topological polar surface area (TPSA) is 81.7 Å². The number of hydrogen-bond donors (Lipinski definition) is 3. The summed E-state index contributed by atoms with van der Waals surface area (Å²) >= 11 is 0. The number of piperidine rings is 1. The summed E-state index contributed by atoms with van der Waals surface area (Å²) < 4.78 is 0. The number of carbonyl (C=O) groups excluding carboxylic acids is 2. The standard InChI is InChI=1S/C11H19N3O3/c1-9(2)5-11(6-10(3,4)14(9)17)7(15)12-8(16)13-11/h17H,5-6H2,1-4H3,(H2,12,13,15,16). The van der Waals surface area contributed by atoms with E-state index in [4.69, 9.17) is 0 Å². The number of nitrogens with zero attached hydrogens (tertiary/aromatic N) is 1. The van der Waals surface area contributed by atoms with Crippen LogP contribution in [-0.2, 0) is 4.79 Å². The Morgan fingerprint density at radius 1 is 1.12 bits per heavy atom. The third-order valence-electron chi connectivity index (χ3n) is 3.63. The molecule has 0 saturated carbocycles. The molecule has 6 nitrogen and oxygen atoms in total. The van der Waals surface area contributed by atoms with Crippen LogP contribution in [0.1, 0.15) is 40.5 Å². The number of urea groups is 1. The molecule has 0 bridgehead atoms. The molecule has 2 aliphatic heterocycles. The van der Waals surface area contributed by atoms with Gasteiger partial charge in [-0.15, -0.1) is 0 Å². The first-order chi connectivity index (χ1) is 7.59. The van der Waals surface area contributed by atoms with E-state index in [-0.39, 0.29) is 5.91 Å². The van der Waals surface area contributed by atoms with Gasteiger partial charge in [-0.25, -0.2) is 4.79 Å². The molecule has 96 valence electrons. The maximum Gasteiger partial charge on any atom is 0.322 e. The zero-order chi connectivity index (χ0) is 13.1. The molecule has 0 radical (unpaired) electrons. The third-order valence-corrected chi connectivity index (χ3v) is 3.63. The fourth-order valence-corrected chi connectivity index (χ4v) is 3.29. The molecule has 17 heavy (non-hydrogen) atoms. The average molecular weight is 241 g/mol. The van der Waals surface area contributed by atoms with E-state index >= 15 is 0 Å². The van der Waals surface area contributed by atoms with Gasteiger partial charge < -0.3 is 10.5 Å². The molecular weight excluding hydrogens is 222 g/mol. The normalized spacial score (nSPS) is 30.2. The van der Waals surface area contributed by atoms with Crippen LogP contribution >= 0.6 is 0 Å². The van der Waals surface area contributed by atoms with Crippen molar-refractivity contribution in [2.75, 3.05) is 0 Å². The van der Waals surface area contributed by atoms with Crippen LogP contribution in [0.5, 0.6) is 0 Å². The monoisotopic (exact) mass is 241 g/mol. The van der Waals surface area contributed by atoms with Gasteiger partial charge in [-0.1, -0.05) is 0 Å². The quantitative estimate of drug-likeness (QED) is 0.543. The predicted octanol–water partition coefficient (Wildman–Crippen LogP) is 0.607. The SMILES string of the molecule is CC1(C)CC2(CC(C)(C)N1O)NC(=O)NC2=O. The number of hydrogen-bond acceptors (Lipinski definition) is 4. The lowest BCUT2D eigenvalue weighted by Gasteiger charge is -2.54. The number of rotatable bonds is 0. The summed E-state index contributed by atoms with van der Waals surface area (Å²) in [5, 5.41) is 16.4. The zero-order valence-corrected chi connectivity index (χ0v) is 10.6. The van der Waals surface area contributed by atoms with Crippen molar-refractivity contribution in [1.82, 2.24) is 15.7 Å². The van der Waals surface area contributed by atoms with Crippen molar-refractivity contribution < 1.29 is 14.8 Å². The second-order valence-electron chi connectivity index (χ2n) is 6.28. The summed E-state index contributed by atoms with van der Waals surface area (Å²) in [6.07, 6.45) is 0.773. The van der Waals surface area contributed by atoms with Gasteiger partial charge in [0.15, 0.2) is 0 Å². The Hall–Kier alpha value is -1.14. The minimum atomic E-state index is -0.899. The number of carbonyl (C=O) groups is 2. The Kier molecular flexibility index (Phi) is 2.32. The van der Waals surface area contributed by atoms with Gasteiger partial charge in [0.1, 0.15) is 5.54 Å². The van der Waals surface area contributed by atoms with Crippen molar-refractivity contribution in [3.63, 3.8) is 0 Å². The largest absolute Gasteiger partial charge is 0.323 e. The van der Waals surface area contributed by atoms with E-state index in [2.05, 4.69) is 10.6 Å². The minimum Gasteiger partial charge on any atom is -0.323 e. The van der Waals surface area contributed by atoms with Crippen molar-refractivity contribution in [3.8, 4) is 0 Å². The Morgan fingerprint density at radius 3 is 1.94 bits per heavy atom. The maximum atomic E-state index is 11.9. The van der Waals surface area contributed by atoms with Crippen molar-refractivity contribution in [2.45, 2.75) is 57.2 Å². The van der Waals surface area contributed by atoms with Gasteiger partial charge in [-0.05, 0) is 40.5 Å². The van der Waals surface area contributed by atoms with Crippen LogP contribution < -0.4 is 10.6 Å². The highest BCUT2D eigenvalue weighted by Gasteiger charge is 2.58. The molecule has 3 amide bonds. The van der Waals surface area contributed by atoms with Gasteiger partial charge in [0.25, 0.3) is 5.91 Å². The van der Waals surface area contributed by atoms with Gasteiger partial charge in [0.2, 0.25) is 0 Å². The summed E-state index contributed by atoms with van der Waals surface area (Å²) in [6, 6.07) is -0.451. The average Bonchev–Trinajstić information content (AvgIpc) is 2.36. The van der Waals surface area contributed by atoms with Crippen LogP contribution in [0.3, 0.4) is 0 Å². The van der Waals surface area contributed by atoms with Crippen molar-refractivity contribution in [3.05, 3.63) is 0 Å². The van der Waals surface area contributed by atoms with Crippen LogP contribution in [0.4, 0.5) is 4.79 Å². The van der Waals surface area contributed by atoms with E-state index in [9.17, 15) is 14.8 Å². The summed E-state index contributed by atoms with van der Waals surface area (Å²) in [4.78, 5) is 23.3.